The Bertz CT molecular complexity index is 781. The van der Waals surface area contributed by atoms with Gasteiger partial charge in [-0.15, -0.1) is 0 Å². The van der Waals surface area contributed by atoms with Gasteiger partial charge >= 0.3 is 0 Å². The second-order valence-corrected chi connectivity index (χ2v) is 8.40. The maximum absolute atomic E-state index is 12.5. The van der Waals surface area contributed by atoms with Crippen LogP contribution in [0.2, 0.25) is 5.15 Å². The number of rotatable bonds is 7. The monoisotopic (exact) mass is 434 g/mol. The topological polar surface area (TPSA) is 66.0 Å². The van der Waals surface area contributed by atoms with E-state index in [1.165, 1.54) is 0 Å². The van der Waals surface area contributed by atoms with E-state index in [9.17, 15) is 9.59 Å². The Labute approximate surface area is 183 Å². The zero-order valence-electron chi connectivity index (χ0n) is 17.9. The molecule has 2 saturated heterocycles. The van der Waals surface area contributed by atoms with Crippen molar-refractivity contribution in [3.8, 4) is 0 Å². The highest BCUT2D eigenvalue weighted by atomic mass is 35.5. The van der Waals surface area contributed by atoms with Gasteiger partial charge in [0.05, 0.1) is 13.2 Å². The summed E-state index contributed by atoms with van der Waals surface area (Å²) >= 11 is 6.29. The van der Waals surface area contributed by atoms with Gasteiger partial charge in [-0.1, -0.05) is 17.2 Å². The third-order valence-electron chi connectivity index (χ3n) is 5.36. The van der Waals surface area contributed by atoms with Gasteiger partial charge in [0, 0.05) is 63.9 Å². The van der Waals surface area contributed by atoms with Crippen LogP contribution in [-0.4, -0.2) is 74.1 Å². The second kappa shape index (κ2) is 10.8. The number of ether oxygens (including phenoxy) is 1. The summed E-state index contributed by atoms with van der Waals surface area (Å²) in [5, 5.41) is 0.480. The molecule has 2 fully saturated rings. The van der Waals surface area contributed by atoms with E-state index < -0.39 is 0 Å². The minimum absolute atomic E-state index is 0.0956. The summed E-state index contributed by atoms with van der Waals surface area (Å²) in [6.07, 6.45) is 3.10. The number of morpholine rings is 1. The number of ketones is 1. The molecule has 1 aromatic rings. The van der Waals surface area contributed by atoms with Crippen LogP contribution in [0.15, 0.2) is 23.8 Å². The third kappa shape index (κ3) is 6.44. The number of hydrogen-bond acceptors (Lipinski definition) is 6. The van der Waals surface area contributed by atoms with Crippen LogP contribution in [0.4, 0.5) is 11.5 Å². The number of pyridine rings is 1. The fraction of sp³-hybridized carbons (Fsp3) is 0.591. The second-order valence-electron chi connectivity index (χ2n) is 8.02. The predicted octanol–water partition coefficient (Wildman–Crippen LogP) is 2.93. The highest BCUT2D eigenvalue weighted by molar-refractivity contribution is 6.29. The van der Waals surface area contributed by atoms with Gasteiger partial charge in [-0.3, -0.25) is 9.59 Å². The molecular weight excluding hydrogens is 404 g/mol. The highest BCUT2D eigenvalue weighted by Gasteiger charge is 2.23. The normalized spacial score (nSPS) is 17.1. The van der Waals surface area contributed by atoms with E-state index in [4.69, 9.17) is 16.3 Å². The van der Waals surface area contributed by atoms with E-state index in [0.29, 0.717) is 50.7 Å². The molecule has 8 heteroatoms. The van der Waals surface area contributed by atoms with Gasteiger partial charge in [-0.2, -0.15) is 0 Å². The molecule has 0 unspecified atom stereocenters. The van der Waals surface area contributed by atoms with Crippen LogP contribution in [0.1, 0.15) is 33.1 Å². The van der Waals surface area contributed by atoms with Gasteiger partial charge < -0.3 is 19.4 Å². The van der Waals surface area contributed by atoms with Gasteiger partial charge in [-0.25, -0.2) is 4.98 Å². The van der Waals surface area contributed by atoms with Crippen LogP contribution in [0.5, 0.6) is 0 Å². The molecule has 0 radical (unpaired) electrons. The smallest absolute Gasteiger partial charge is 0.222 e. The number of piperazine rings is 1. The Morgan fingerprint density at radius 1 is 1.03 bits per heavy atom. The summed E-state index contributed by atoms with van der Waals surface area (Å²) in [5.41, 5.74) is 2.03. The van der Waals surface area contributed by atoms with Crippen molar-refractivity contribution in [2.24, 2.45) is 0 Å². The van der Waals surface area contributed by atoms with Gasteiger partial charge in [0.15, 0.2) is 5.78 Å². The first kappa shape index (κ1) is 22.6. The van der Waals surface area contributed by atoms with Crippen molar-refractivity contribution in [1.29, 1.82) is 0 Å². The average molecular weight is 435 g/mol. The maximum Gasteiger partial charge on any atom is 0.222 e. The van der Waals surface area contributed by atoms with Crippen LogP contribution in [0, 0.1) is 0 Å². The number of aromatic nitrogens is 1. The summed E-state index contributed by atoms with van der Waals surface area (Å²) in [4.78, 5) is 35.0. The van der Waals surface area contributed by atoms with Crippen molar-refractivity contribution in [3.05, 3.63) is 28.9 Å². The molecule has 1 amide bonds. The highest BCUT2D eigenvalue weighted by Crippen LogP contribution is 2.26. The first-order valence-corrected chi connectivity index (χ1v) is 11.0. The number of hydrogen-bond donors (Lipinski definition) is 0. The van der Waals surface area contributed by atoms with Crippen molar-refractivity contribution in [3.63, 3.8) is 0 Å². The minimum Gasteiger partial charge on any atom is -0.378 e. The van der Waals surface area contributed by atoms with Gasteiger partial charge in [0.25, 0.3) is 0 Å². The van der Waals surface area contributed by atoms with Crippen LogP contribution < -0.4 is 9.80 Å². The van der Waals surface area contributed by atoms with Crippen LogP contribution >= 0.6 is 11.6 Å². The van der Waals surface area contributed by atoms with Crippen molar-refractivity contribution >= 4 is 34.8 Å². The molecule has 7 nitrogen and oxygen atoms in total. The molecule has 2 aliphatic rings. The van der Waals surface area contributed by atoms with E-state index >= 15 is 0 Å². The van der Waals surface area contributed by atoms with E-state index in [1.807, 2.05) is 24.8 Å². The number of nitrogens with zero attached hydrogens (tertiary/aromatic N) is 4. The summed E-state index contributed by atoms with van der Waals surface area (Å²) in [5.74, 6) is 1.10. The number of carbonyl (C=O) groups is 2. The number of amides is 1. The Morgan fingerprint density at radius 3 is 2.40 bits per heavy atom. The van der Waals surface area contributed by atoms with Crippen molar-refractivity contribution in [2.45, 2.75) is 33.1 Å². The quantitative estimate of drug-likeness (QED) is 0.485. The summed E-state index contributed by atoms with van der Waals surface area (Å²) in [7, 11) is 0. The molecule has 0 aliphatic carbocycles. The minimum atomic E-state index is 0.0956. The first-order chi connectivity index (χ1) is 14.4. The average Bonchev–Trinajstić information content (AvgIpc) is 2.73. The molecule has 0 bridgehead atoms. The van der Waals surface area contributed by atoms with E-state index in [0.717, 1.165) is 43.3 Å². The predicted molar refractivity (Wildman–Crippen MR) is 119 cm³/mol. The maximum atomic E-state index is 12.5. The molecule has 30 heavy (non-hydrogen) atoms. The molecule has 3 rings (SSSR count). The molecule has 0 aromatic carbocycles. The lowest BCUT2D eigenvalue weighted by molar-refractivity contribution is -0.131. The van der Waals surface area contributed by atoms with E-state index in [1.54, 1.807) is 6.08 Å². The zero-order valence-corrected chi connectivity index (χ0v) is 18.7. The molecule has 1 aromatic heterocycles. The fourth-order valence-corrected chi connectivity index (χ4v) is 3.99. The number of allylic oxidation sites excluding steroid dienone is 2. The molecule has 2 aliphatic heterocycles. The zero-order chi connectivity index (χ0) is 21.5. The van der Waals surface area contributed by atoms with Crippen LogP contribution in [0.25, 0.3) is 0 Å². The molecule has 3 heterocycles. The Hall–Kier alpha value is -2.12. The lowest BCUT2D eigenvalue weighted by Gasteiger charge is -2.37. The van der Waals surface area contributed by atoms with Crippen molar-refractivity contribution in [1.82, 2.24) is 9.88 Å². The Kier molecular flexibility index (Phi) is 8.10. The fourth-order valence-electron chi connectivity index (χ4n) is 3.79. The van der Waals surface area contributed by atoms with Gasteiger partial charge in [0.1, 0.15) is 11.0 Å². The lowest BCUT2D eigenvalue weighted by atomic mass is 10.1. The Balaban J connectivity index is 1.50. The number of halogens is 1. The van der Waals surface area contributed by atoms with Crippen LogP contribution in [0.3, 0.4) is 0 Å². The van der Waals surface area contributed by atoms with Crippen molar-refractivity contribution < 1.29 is 14.3 Å². The number of anilines is 2. The van der Waals surface area contributed by atoms with Crippen LogP contribution in [-0.2, 0) is 14.3 Å². The van der Waals surface area contributed by atoms with Crippen molar-refractivity contribution in [2.75, 3.05) is 62.3 Å². The molecular formula is C22H31ClN4O3. The lowest BCUT2D eigenvalue weighted by Crippen LogP contribution is -2.48. The van der Waals surface area contributed by atoms with E-state index in [2.05, 4.69) is 20.9 Å². The first-order valence-electron chi connectivity index (χ1n) is 10.6. The molecule has 0 saturated carbocycles. The largest absolute Gasteiger partial charge is 0.378 e. The molecule has 164 valence electrons. The van der Waals surface area contributed by atoms with Gasteiger partial charge in [-0.05, 0) is 32.4 Å². The SMILES string of the molecule is CC(C)=CC(=O)CCCC(=O)N1CCN(c2cc(Cl)nc(N3CCOCC3)c2)CC1. The summed E-state index contributed by atoms with van der Waals surface area (Å²) in [6, 6.07) is 3.96. The molecule has 0 atom stereocenters. The molecule has 0 spiro atoms. The Morgan fingerprint density at radius 2 is 1.73 bits per heavy atom. The van der Waals surface area contributed by atoms with Gasteiger partial charge in [0.2, 0.25) is 5.91 Å². The summed E-state index contributed by atoms with van der Waals surface area (Å²) in [6.45, 7) is 9.69. The molecule has 0 N–H and O–H groups in total. The summed E-state index contributed by atoms with van der Waals surface area (Å²) < 4.78 is 5.42. The standard InChI is InChI=1S/C22H31ClN4O3/c1-17(2)14-19(28)4-3-5-22(29)27-8-6-25(7-9-27)18-15-20(23)24-21(16-18)26-10-12-30-13-11-26/h14-16H,3-13H2,1-2H3. The number of carbonyl (C=O) groups excluding carboxylic acids is 2. The van der Waals surface area contributed by atoms with E-state index in [-0.39, 0.29) is 11.7 Å². The third-order valence-corrected chi connectivity index (χ3v) is 5.56.